The lowest BCUT2D eigenvalue weighted by atomic mass is 9.92. The van der Waals surface area contributed by atoms with Crippen molar-refractivity contribution >= 4 is 10.9 Å². The van der Waals surface area contributed by atoms with E-state index in [4.69, 9.17) is 4.74 Å². The first-order valence-corrected chi connectivity index (χ1v) is 11.1. The van der Waals surface area contributed by atoms with Crippen LogP contribution in [0.2, 0.25) is 0 Å². The second-order valence-corrected chi connectivity index (χ2v) is 8.51. The number of para-hydroxylation sites is 1. The van der Waals surface area contributed by atoms with Crippen LogP contribution in [0.4, 0.5) is 0 Å². The van der Waals surface area contributed by atoms with Crippen LogP contribution in [0.1, 0.15) is 25.8 Å². The maximum absolute atomic E-state index is 5.41. The van der Waals surface area contributed by atoms with E-state index < -0.39 is 0 Å². The minimum atomic E-state index is 0.445. The van der Waals surface area contributed by atoms with Crippen molar-refractivity contribution in [2.45, 2.75) is 25.8 Å². The highest BCUT2D eigenvalue weighted by atomic mass is 16.5. The average molecular weight is 412 g/mol. The van der Waals surface area contributed by atoms with Gasteiger partial charge in [-0.25, -0.2) is 0 Å². The fraction of sp³-hybridized carbons (Fsp3) is 0.296. The molecule has 1 N–H and O–H groups in total. The molecule has 4 heteroatoms. The fourth-order valence-electron chi connectivity index (χ4n) is 4.84. The number of nitrogens with zero attached hydrogens (tertiary/aromatic N) is 2. The Hall–Kier alpha value is -3.11. The van der Waals surface area contributed by atoms with Gasteiger partial charge in [0.1, 0.15) is 5.75 Å². The third kappa shape index (κ3) is 3.84. The van der Waals surface area contributed by atoms with Crippen LogP contribution >= 0.6 is 0 Å². The second kappa shape index (κ2) is 8.56. The predicted molar refractivity (Wildman–Crippen MR) is 127 cm³/mol. The van der Waals surface area contributed by atoms with Gasteiger partial charge in [0.15, 0.2) is 0 Å². The molecule has 1 saturated heterocycles. The first-order valence-electron chi connectivity index (χ1n) is 11.1. The van der Waals surface area contributed by atoms with E-state index in [0.717, 1.165) is 35.5 Å². The molecule has 1 aliphatic rings. The van der Waals surface area contributed by atoms with E-state index in [9.17, 15) is 0 Å². The number of aromatic nitrogens is 2. The largest absolute Gasteiger partial charge is 0.497 e. The van der Waals surface area contributed by atoms with Crippen molar-refractivity contribution in [3.63, 3.8) is 0 Å². The smallest absolute Gasteiger partial charge is 0.119 e. The lowest BCUT2D eigenvalue weighted by Crippen LogP contribution is -2.34. The van der Waals surface area contributed by atoms with Crippen LogP contribution < -0.4 is 10.1 Å². The standard InChI is InChI=1S/C27H29N3O/c1-19(21-8-6-12-28-15-21)30-18-26(25-10-3-4-11-27(25)30)23-13-22(16-29-17-23)20-7-5-9-24(14-20)31-2/h3-5,7,9-11,13-14,16-19,21,28H,6,8,12,15H2,1-2H3. The molecular formula is C27H29N3O. The molecule has 1 fully saturated rings. The highest BCUT2D eigenvalue weighted by molar-refractivity contribution is 5.96. The molecule has 0 radical (unpaired) electrons. The first kappa shape index (κ1) is 19.8. The van der Waals surface area contributed by atoms with Gasteiger partial charge in [0.05, 0.1) is 7.11 Å². The summed E-state index contributed by atoms with van der Waals surface area (Å²) in [7, 11) is 1.70. The van der Waals surface area contributed by atoms with Crippen molar-refractivity contribution in [1.82, 2.24) is 14.9 Å². The average Bonchev–Trinajstić information content (AvgIpc) is 3.24. The van der Waals surface area contributed by atoms with Crippen molar-refractivity contribution in [3.05, 3.63) is 73.2 Å². The van der Waals surface area contributed by atoms with Crippen molar-refractivity contribution in [1.29, 1.82) is 0 Å². The second-order valence-electron chi connectivity index (χ2n) is 8.51. The maximum Gasteiger partial charge on any atom is 0.119 e. The number of pyridine rings is 1. The molecule has 2 aromatic heterocycles. The Morgan fingerprint density at radius 2 is 1.90 bits per heavy atom. The zero-order chi connectivity index (χ0) is 21.2. The molecule has 2 aromatic carbocycles. The van der Waals surface area contributed by atoms with E-state index in [2.05, 4.69) is 70.5 Å². The number of hydrogen-bond donors (Lipinski definition) is 1. The Morgan fingerprint density at radius 3 is 2.74 bits per heavy atom. The molecule has 2 atom stereocenters. The van der Waals surface area contributed by atoms with Gasteiger partial charge in [-0.05, 0) is 68.6 Å². The summed E-state index contributed by atoms with van der Waals surface area (Å²) in [6.45, 7) is 4.60. The quantitative estimate of drug-likeness (QED) is 0.442. The molecule has 3 heterocycles. The molecule has 0 spiro atoms. The maximum atomic E-state index is 5.41. The minimum absolute atomic E-state index is 0.445. The summed E-state index contributed by atoms with van der Waals surface area (Å²) in [5, 5.41) is 4.85. The van der Waals surface area contributed by atoms with E-state index in [0.29, 0.717) is 12.0 Å². The van der Waals surface area contributed by atoms with Crippen molar-refractivity contribution in [3.8, 4) is 28.0 Å². The van der Waals surface area contributed by atoms with Gasteiger partial charge < -0.3 is 14.6 Å². The van der Waals surface area contributed by atoms with Gasteiger partial charge in [-0.15, -0.1) is 0 Å². The van der Waals surface area contributed by atoms with Gasteiger partial charge in [-0.1, -0.05) is 30.3 Å². The van der Waals surface area contributed by atoms with Crippen LogP contribution in [0.15, 0.2) is 73.2 Å². The summed E-state index contributed by atoms with van der Waals surface area (Å²) >= 11 is 0. The minimum Gasteiger partial charge on any atom is -0.497 e. The zero-order valence-electron chi connectivity index (χ0n) is 18.2. The molecular weight excluding hydrogens is 382 g/mol. The lowest BCUT2D eigenvalue weighted by Gasteiger charge is -2.30. The number of methoxy groups -OCH3 is 1. The van der Waals surface area contributed by atoms with Crippen molar-refractivity contribution < 1.29 is 4.74 Å². The Balaban J connectivity index is 1.58. The SMILES string of the molecule is COc1cccc(-c2cncc(-c3cn(C(C)C4CCCNC4)c4ccccc34)c2)c1. The van der Waals surface area contributed by atoms with Gasteiger partial charge in [-0.3, -0.25) is 4.98 Å². The molecule has 0 bridgehead atoms. The topological polar surface area (TPSA) is 39.1 Å². The summed E-state index contributed by atoms with van der Waals surface area (Å²) in [6, 6.07) is 19.6. The predicted octanol–water partition coefficient (Wildman–Crippen LogP) is 5.94. The van der Waals surface area contributed by atoms with E-state index in [1.807, 2.05) is 24.5 Å². The van der Waals surface area contributed by atoms with E-state index in [-0.39, 0.29) is 0 Å². The molecule has 1 aliphatic heterocycles. The number of hydrogen-bond acceptors (Lipinski definition) is 3. The third-order valence-electron chi connectivity index (χ3n) is 6.65. The van der Waals surface area contributed by atoms with E-state index in [1.165, 1.54) is 29.3 Å². The van der Waals surface area contributed by atoms with Gasteiger partial charge in [0.2, 0.25) is 0 Å². The van der Waals surface area contributed by atoms with Crippen LogP contribution in [0.25, 0.3) is 33.2 Å². The molecule has 4 nitrogen and oxygen atoms in total. The van der Waals surface area contributed by atoms with Crippen molar-refractivity contribution in [2.75, 3.05) is 20.2 Å². The normalized spacial score (nSPS) is 17.5. The lowest BCUT2D eigenvalue weighted by molar-refractivity contribution is 0.284. The molecule has 0 amide bonds. The zero-order valence-corrected chi connectivity index (χ0v) is 18.2. The monoisotopic (exact) mass is 411 g/mol. The molecule has 2 unspecified atom stereocenters. The van der Waals surface area contributed by atoms with Gasteiger partial charge in [-0.2, -0.15) is 0 Å². The highest BCUT2D eigenvalue weighted by Gasteiger charge is 2.23. The number of rotatable bonds is 5. The number of nitrogens with one attached hydrogen (secondary N) is 1. The number of ether oxygens (including phenoxy) is 1. The molecule has 0 saturated carbocycles. The molecule has 0 aliphatic carbocycles. The molecule has 31 heavy (non-hydrogen) atoms. The fourth-order valence-corrected chi connectivity index (χ4v) is 4.84. The Bertz CT molecular complexity index is 1190. The summed E-state index contributed by atoms with van der Waals surface area (Å²) in [4.78, 5) is 4.58. The molecule has 5 rings (SSSR count). The number of fused-ring (bicyclic) bond motifs is 1. The van der Waals surface area contributed by atoms with Crippen LogP contribution in [0.5, 0.6) is 5.75 Å². The molecule has 4 aromatic rings. The summed E-state index contributed by atoms with van der Waals surface area (Å²) in [6.07, 6.45) is 8.77. The van der Waals surface area contributed by atoms with Crippen LogP contribution in [-0.2, 0) is 0 Å². The Morgan fingerprint density at radius 1 is 1.03 bits per heavy atom. The van der Waals surface area contributed by atoms with Crippen molar-refractivity contribution in [2.24, 2.45) is 5.92 Å². The van der Waals surface area contributed by atoms with Crippen LogP contribution in [0.3, 0.4) is 0 Å². The van der Waals surface area contributed by atoms with E-state index >= 15 is 0 Å². The first-order chi connectivity index (χ1) is 15.2. The highest BCUT2D eigenvalue weighted by Crippen LogP contribution is 2.36. The number of benzene rings is 2. The van der Waals surface area contributed by atoms with Gasteiger partial charge in [0, 0.05) is 52.2 Å². The summed E-state index contributed by atoms with van der Waals surface area (Å²) < 4.78 is 7.88. The van der Waals surface area contributed by atoms with Gasteiger partial charge >= 0.3 is 0 Å². The van der Waals surface area contributed by atoms with Crippen LogP contribution in [0, 0.1) is 5.92 Å². The summed E-state index contributed by atoms with van der Waals surface area (Å²) in [5.74, 6) is 1.51. The van der Waals surface area contributed by atoms with Crippen LogP contribution in [-0.4, -0.2) is 29.8 Å². The van der Waals surface area contributed by atoms with E-state index in [1.54, 1.807) is 7.11 Å². The Labute approximate surface area is 183 Å². The number of piperidine rings is 1. The molecule has 158 valence electrons. The third-order valence-corrected chi connectivity index (χ3v) is 6.65. The summed E-state index contributed by atoms with van der Waals surface area (Å²) in [5.41, 5.74) is 5.88. The van der Waals surface area contributed by atoms with Gasteiger partial charge in [0.25, 0.3) is 0 Å². The Kier molecular flexibility index (Phi) is 5.47.